The standard InChI is InChI=1S/C31H32F3N3O5/c1-22-17-25(9-12-28(22)41-21-29(38)35-19-30(39)37-13-15-40-16-14-37)27(18-23-5-3-2-4-6-23)36-42-20-24-7-10-26(11-8-24)31(32,33)34/h2-12,17H,13-16,18-21H2,1H3,(H,35,38). The number of aryl methyl sites for hydroxylation is 1. The van der Waals surface area contributed by atoms with E-state index in [0.717, 1.165) is 28.8 Å². The second-order valence-corrected chi connectivity index (χ2v) is 9.71. The van der Waals surface area contributed by atoms with Crippen molar-refractivity contribution in [2.75, 3.05) is 39.5 Å². The second kappa shape index (κ2) is 14.5. The van der Waals surface area contributed by atoms with Gasteiger partial charge in [0.05, 0.1) is 31.0 Å². The van der Waals surface area contributed by atoms with Gasteiger partial charge in [0.2, 0.25) is 5.91 Å². The maximum atomic E-state index is 12.8. The zero-order chi connectivity index (χ0) is 30.0. The summed E-state index contributed by atoms with van der Waals surface area (Å²) in [7, 11) is 0. The second-order valence-electron chi connectivity index (χ2n) is 9.71. The van der Waals surface area contributed by atoms with Crippen molar-refractivity contribution >= 4 is 17.5 Å². The van der Waals surface area contributed by atoms with E-state index in [-0.39, 0.29) is 25.7 Å². The number of carbonyl (C=O) groups is 2. The van der Waals surface area contributed by atoms with Gasteiger partial charge in [0.1, 0.15) is 12.4 Å². The van der Waals surface area contributed by atoms with Crippen molar-refractivity contribution in [2.24, 2.45) is 5.16 Å². The molecule has 3 aromatic carbocycles. The quantitative estimate of drug-likeness (QED) is 0.265. The lowest BCUT2D eigenvalue weighted by atomic mass is 10.0. The molecule has 222 valence electrons. The van der Waals surface area contributed by atoms with Gasteiger partial charge in [0.25, 0.3) is 5.91 Å². The lowest BCUT2D eigenvalue weighted by molar-refractivity contribution is -0.137. The minimum atomic E-state index is -4.40. The van der Waals surface area contributed by atoms with Crippen LogP contribution in [0.15, 0.2) is 78.0 Å². The normalized spacial score (nSPS) is 13.9. The van der Waals surface area contributed by atoms with Gasteiger partial charge in [-0.2, -0.15) is 13.2 Å². The number of morpholine rings is 1. The van der Waals surface area contributed by atoms with Crippen LogP contribution in [-0.4, -0.2) is 61.9 Å². The predicted octanol–water partition coefficient (Wildman–Crippen LogP) is 4.53. The summed E-state index contributed by atoms with van der Waals surface area (Å²) in [5.41, 5.74) is 2.95. The molecule has 11 heteroatoms. The fourth-order valence-corrected chi connectivity index (χ4v) is 4.23. The lowest BCUT2D eigenvalue weighted by Gasteiger charge is -2.26. The SMILES string of the molecule is Cc1cc(C(Cc2ccccc2)=NOCc2ccc(C(F)(F)F)cc2)ccc1OCC(=O)NCC(=O)N1CCOCC1. The number of hydrogen-bond acceptors (Lipinski definition) is 6. The number of hydrogen-bond donors (Lipinski definition) is 1. The first kappa shape index (κ1) is 30.6. The van der Waals surface area contributed by atoms with Crippen LogP contribution in [0.2, 0.25) is 0 Å². The van der Waals surface area contributed by atoms with Crippen LogP contribution < -0.4 is 10.1 Å². The molecule has 2 amide bonds. The molecule has 1 aliphatic heterocycles. The lowest BCUT2D eigenvalue weighted by Crippen LogP contribution is -2.46. The number of nitrogens with one attached hydrogen (secondary N) is 1. The minimum Gasteiger partial charge on any atom is -0.484 e. The zero-order valence-corrected chi connectivity index (χ0v) is 23.2. The summed E-state index contributed by atoms with van der Waals surface area (Å²) in [5, 5.41) is 6.91. The topological polar surface area (TPSA) is 89.5 Å². The van der Waals surface area contributed by atoms with Gasteiger partial charge < -0.3 is 24.5 Å². The van der Waals surface area contributed by atoms with Crippen molar-refractivity contribution in [2.45, 2.75) is 26.1 Å². The molecule has 4 rings (SSSR count). The van der Waals surface area contributed by atoms with Crippen LogP contribution in [0.1, 0.15) is 27.8 Å². The van der Waals surface area contributed by atoms with Crippen molar-refractivity contribution in [1.29, 1.82) is 0 Å². The number of amides is 2. The van der Waals surface area contributed by atoms with Crippen molar-refractivity contribution in [3.05, 3.63) is 101 Å². The van der Waals surface area contributed by atoms with E-state index in [9.17, 15) is 22.8 Å². The molecule has 3 aromatic rings. The first-order valence-corrected chi connectivity index (χ1v) is 13.4. The van der Waals surface area contributed by atoms with Gasteiger partial charge in [-0.15, -0.1) is 0 Å². The average Bonchev–Trinajstić information content (AvgIpc) is 2.99. The first-order chi connectivity index (χ1) is 20.2. The van der Waals surface area contributed by atoms with Crippen molar-refractivity contribution in [1.82, 2.24) is 10.2 Å². The molecular weight excluding hydrogens is 551 g/mol. The van der Waals surface area contributed by atoms with Crippen LogP contribution >= 0.6 is 0 Å². The summed E-state index contributed by atoms with van der Waals surface area (Å²) < 4.78 is 49.5. The smallest absolute Gasteiger partial charge is 0.416 e. The monoisotopic (exact) mass is 583 g/mol. The van der Waals surface area contributed by atoms with Gasteiger partial charge in [0, 0.05) is 25.1 Å². The molecule has 0 unspecified atom stereocenters. The highest BCUT2D eigenvalue weighted by atomic mass is 19.4. The maximum Gasteiger partial charge on any atom is 0.416 e. The third-order valence-corrected chi connectivity index (χ3v) is 6.57. The van der Waals surface area contributed by atoms with Crippen molar-refractivity contribution in [3.8, 4) is 5.75 Å². The molecule has 0 radical (unpaired) electrons. The van der Waals surface area contributed by atoms with Gasteiger partial charge in [-0.3, -0.25) is 9.59 Å². The Hall–Kier alpha value is -4.38. The third-order valence-electron chi connectivity index (χ3n) is 6.57. The third kappa shape index (κ3) is 9.07. The van der Waals surface area contributed by atoms with E-state index in [4.69, 9.17) is 14.3 Å². The van der Waals surface area contributed by atoms with Gasteiger partial charge >= 0.3 is 6.18 Å². The van der Waals surface area contributed by atoms with Gasteiger partial charge in [-0.25, -0.2) is 0 Å². The average molecular weight is 584 g/mol. The van der Waals surface area contributed by atoms with E-state index < -0.39 is 17.6 Å². The van der Waals surface area contributed by atoms with Crippen molar-refractivity contribution < 1.29 is 37.1 Å². The van der Waals surface area contributed by atoms with Gasteiger partial charge in [0.15, 0.2) is 6.61 Å². The molecule has 0 bridgehead atoms. The Balaban J connectivity index is 1.37. The Morgan fingerprint density at radius 2 is 1.69 bits per heavy atom. The molecular formula is C31H32F3N3O5. The van der Waals surface area contributed by atoms with E-state index in [2.05, 4.69) is 10.5 Å². The number of oxime groups is 1. The number of benzene rings is 3. The van der Waals surface area contributed by atoms with Crippen LogP contribution in [0.25, 0.3) is 0 Å². The number of halogens is 3. The summed E-state index contributed by atoms with van der Waals surface area (Å²) in [4.78, 5) is 31.7. The van der Waals surface area contributed by atoms with Crippen LogP contribution in [0.4, 0.5) is 13.2 Å². The fourth-order valence-electron chi connectivity index (χ4n) is 4.23. The Kier molecular flexibility index (Phi) is 10.6. The molecule has 1 heterocycles. The molecule has 8 nitrogen and oxygen atoms in total. The number of nitrogens with zero attached hydrogens (tertiary/aromatic N) is 2. The predicted molar refractivity (Wildman–Crippen MR) is 150 cm³/mol. The summed E-state index contributed by atoms with van der Waals surface area (Å²) in [5.74, 6) is -0.0841. The summed E-state index contributed by atoms with van der Waals surface area (Å²) in [6.07, 6.45) is -3.95. The Bertz CT molecular complexity index is 1370. The fraction of sp³-hybridized carbons (Fsp3) is 0.323. The molecule has 42 heavy (non-hydrogen) atoms. The number of ether oxygens (including phenoxy) is 2. The van der Waals surface area contributed by atoms with E-state index in [1.165, 1.54) is 12.1 Å². The zero-order valence-electron chi connectivity index (χ0n) is 23.2. The highest BCUT2D eigenvalue weighted by Gasteiger charge is 2.30. The van der Waals surface area contributed by atoms with Crippen LogP contribution in [0.5, 0.6) is 5.75 Å². The first-order valence-electron chi connectivity index (χ1n) is 13.4. The highest BCUT2D eigenvalue weighted by Crippen LogP contribution is 2.29. The molecule has 0 saturated carbocycles. The molecule has 1 aliphatic rings. The van der Waals surface area contributed by atoms with Crippen molar-refractivity contribution in [3.63, 3.8) is 0 Å². The summed E-state index contributed by atoms with van der Waals surface area (Å²) in [6.45, 7) is 3.46. The number of rotatable bonds is 11. The molecule has 0 atom stereocenters. The highest BCUT2D eigenvalue weighted by molar-refractivity contribution is 6.01. The molecule has 0 aromatic heterocycles. The Morgan fingerprint density at radius 3 is 2.36 bits per heavy atom. The van der Waals surface area contributed by atoms with Gasteiger partial charge in [-0.05, 0) is 53.9 Å². The number of carbonyl (C=O) groups excluding carboxylic acids is 2. The Morgan fingerprint density at radius 1 is 0.976 bits per heavy atom. The van der Waals surface area contributed by atoms with Crippen LogP contribution in [-0.2, 0) is 38.4 Å². The molecule has 0 aliphatic carbocycles. The number of alkyl halides is 3. The van der Waals surface area contributed by atoms with E-state index >= 15 is 0 Å². The summed E-state index contributed by atoms with van der Waals surface area (Å²) in [6, 6.07) is 19.8. The minimum absolute atomic E-state index is 0.000242. The molecule has 1 N–H and O–H groups in total. The van der Waals surface area contributed by atoms with Crippen LogP contribution in [0, 0.1) is 6.92 Å². The molecule has 1 saturated heterocycles. The maximum absolute atomic E-state index is 12.8. The molecule has 0 spiro atoms. The van der Waals surface area contributed by atoms with E-state index in [1.807, 2.05) is 43.3 Å². The molecule has 1 fully saturated rings. The summed E-state index contributed by atoms with van der Waals surface area (Å²) >= 11 is 0. The largest absolute Gasteiger partial charge is 0.484 e. The van der Waals surface area contributed by atoms with Gasteiger partial charge in [-0.1, -0.05) is 47.6 Å². The Labute approximate surface area is 242 Å². The van der Waals surface area contributed by atoms with Crippen LogP contribution in [0.3, 0.4) is 0 Å². The van der Waals surface area contributed by atoms with E-state index in [1.54, 1.807) is 17.0 Å². The van der Waals surface area contributed by atoms with E-state index in [0.29, 0.717) is 49.7 Å².